The van der Waals surface area contributed by atoms with Gasteiger partial charge in [0.2, 0.25) is 5.43 Å². The van der Waals surface area contributed by atoms with Crippen molar-refractivity contribution in [1.82, 2.24) is 5.32 Å². The molecular weight excluding hydrogens is 515 g/mol. The summed E-state index contributed by atoms with van der Waals surface area (Å²) in [5, 5.41) is 13.8. The first-order chi connectivity index (χ1) is 18.7. The Bertz CT molecular complexity index is 1480. The van der Waals surface area contributed by atoms with Crippen LogP contribution in [0.3, 0.4) is 0 Å². The van der Waals surface area contributed by atoms with Crippen LogP contribution in [0, 0.1) is 0 Å². The normalized spacial score (nSPS) is 12.6. The molecule has 1 aromatic heterocycles. The largest absolute Gasteiger partial charge is 0.493 e. The molecule has 2 N–H and O–H groups in total. The summed E-state index contributed by atoms with van der Waals surface area (Å²) in [4.78, 5) is 13.5. The van der Waals surface area contributed by atoms with Crippen molar-refractivity contribution in [2.75, 3.05) is 26.8 Å². The Kier molecular flexibility index (Phi) is 8.98. The maximum Gasteiger partial charge on any atom is 0.416 e. The number of hydrogen-bond acceptors (Lipinski definition) is 7. The van der Waals surface area contributed by atoms with Crippen LogP contribution in [-0.2, 0) is 12.8 Å². The average Bonchev–Trinajstić information content (AvgIpc) is 2.92. The number of fused-ring (bicyclic) bond motifs is 2. The molecule has 0 saturated heterocycles. The third-order valence-electron chi connectivity index (χ3n) is 6.10. The minimum Gasteiger partial charge on any atom is -0.493 e. The highest BCUT2D eigenvalue weighted by Gasteiger charge is 2.30. The van der Waals surface area contributed by atoms with E-state index < -0.39 is 23.3 Å². The third-order valence-corrected chi connectivity index (χ3v) is 6.10. The van der Waals surface area contributed by atoms with E-state index in [-0.39, 0.29) is 52.2 Å². The van der Waals surface area contributed by atoms with Crippen molar-refractivity contribution in [3.8, 4) is 17.2 Å². The number of methoxy groups -OCH3 is 1. The number of rotatable bonds is 12. The summed E-state index contributed by atoms with van der Waals surface area (Å²) < 4.78 is 62.6. The molecule has 0 aliphatic carbocycles. The second-order valence-electron chi connectivity index (χ2n) is 9.07. The summed E-state index contributed by atoms with van der Waals surface area (Å²) in [5.41, 5.74) is -0.548. The maximum absolute atomic E-state index is 13.5. The van der Waals surface area contributed by atoms with Gasteiger partial charge in [0, 0.05) is 18.7 Å². The van der Waals surface area contributed by atoms with E-state index in [1.165, 1.54) is 31.4 Å². The molecule has 0 bridgehead atoms. The van der Waals surface area contributed by atoms with Gasteiger partial charge in [-0.1, -0.05) is 31.5 Å². The number of ether oxygens (including phenoxy) is 3. The van der Waals surface area contributed by atoms with Crippen molar-refractivity contribution in [2.45, 2.75) is 38.7 Å². The van der Waals surface area contributed by atoms with Gasteiger partial charge in [-0.3, -0.25) is 4.79 Å². The van der Waals surface area contributed by atoms with Gasteiger partial charge in [0.25, 0.3) is 0 Å². The summed E-state index contributed by atoms with van der Waals surface area (Å²) in [6, 6.07) is 12.6. The number of halogens is 3. The average molecular weight is 546 g/mol. The van der Waals surface area contributed by atoms with Gasteiger partial charge in [-0.15, -0.1) is 0 Å². The number of benzene rings is 3. The summed E-state index contributed by atoms with van der Waals surface area (Å²) in [7, 11) is 1.46. The zero-order chi connectivity index (χ0) is 28.0. The molecule has 0 aliphatic rings. The number of aliphatic hydroxyl groups excluding tert-OH is 1. The molecule has 0 fully saturated rings. The third kappa shape index (κ3) is 6.82. The lowest BCUT2D eigenvalue weighted by atomic mass is 10.1. The van der Waals surface area contributed by atoms with Crippen LogP contribution < -0.4 is 25.0 Å². The molecule has 1 unspecified atom stereocenters. The van der Waals surface area contributed by atoms with Crippen LogP contribution in [0.15, 0.2) is 63.8 Å². The Morgan fingerprint density at radius 2 is 1.85 bits per heavy atom. The summed E-state index contributed by atoms with van der Waals surface area (Å²) >= 11 is 0. The number of nitrogens with one attached hydrogen (secondary N) is 1. The Hall–Kier alpha value is -3.76. The van der Waals surface area contributed by atoms with Crippen LogP contribution in [0.1, 0.15) is 30.9 Å². The van der Waals surface area contributed by atoms with E-state index in [4.69, 9.17) is 18.6 Å². The van der Waals surface area contributed by atoms with Crippen molar-refractivity contribution < 1.29 is 36.9 Å². The minimum atomic E-state index is -4.50. The first kappa shape index (κ1) is 28.3. The van der Waals surface area contributed by atoms with Crippen molar-refractivity contribution in [3.05, 3.63) is 75.9 Å². The van der Waals surface area contributed by atoms with Gasteiger partial charge in [0.1, 0.15) is 41.8 Å². The zero-order valence-corrected chi connectivity index (χ0v) is 21.6. The second kappa shape index (κ2) is 12.4. The van der Waals surface area contributed by atoms with E-state index in [2.05, 4.69) is 12.2 Å². The second-order valence-corrected chi connectivity index (χ2v) is 9.07. The van der Waals surface area contributed by atoms with Crippen LogP contribution in [0.2, 0.25) is 0 Å². The quantitative estimate of drug-likeness (QED) is 0.175. The molecule has 4 rings (SSSR count). The number of hydrogen-bond donors (Lipinski definition) is 2. The van der Waals surface area contributed by atoms with Crippen molar-refractivity contribution in [3.63, 3.8) is 0 Å². The molecule has 1 atom stereocenters. The van der Waals surface area contributed by atoms with Crippen LogP contribution in [0.5, 0.6) is 17.2 Å². The lowest BCUT2D eigenvalue weighted by Gasteiger charge is -2.16. The molecule has 0 radical (unpaired) electrons. The minimum absolute atomic E-state index is 0.0428. The van der Waals surface area contributed by atoms with E-state index in [1.807, 2.05) is 0 Å². The highest BCUT2D eigenvalue weighted by Crippen LogP contribution is 2.35. The zero-order valence-electron chi connectivity index (χ0n) is 21.6. The standard InChI is InChI=1S/C29H30F3NO6/c1-3-4-11-33-15-20(34)17-37-21-13-24(38-16-18-7-5-8-19(12-18)29(30,31)32)26-25(14-21)39-28-22(27(26)35)9-6-10-23(28)36-2/h5-10,12-14,20,33-34H,3-4,11,15-17H2,1-2H3. The molecule has 0 saturated carbocycles. The first-order valence-corrected chi connectivity index (χ1v) is 12.6. The first-order valence-electron chi connectivity index (χ1n) is 12.6. The molecule has 4 aromatic rings. The van der Waals surface area contributed by atoms with E-state index in [9.17, 15) is 23.1 Å². The molecule has 0 aliphatic heterocycles. The molecule has 3 aromatic carbocycles. The summed E-state index contributed by atoms with van der Waals surface area (Å²) in [6.07, 6.45) is -3.27. The van der Waals surface area contributed by atoms with Crippen LogP contribution >= 0.6 is 0 Å². The number of aliphatic hydroxyl groups is 1. The van der Waals surface area contributed by atoms with Crippen molar-refractivity contribution in [2.24, 2.45) is 0 Å². The number of alkyl halides is 3. The van der Waals surface area contributed by atoms with E-state index in [1.54, 1.807) is 18.2 Å². The molecule has 7 nitrogen and oxygen atoms in total. The smallest absolute Gasteiger partial charge is 0.416 e. The Morgan fingerprint density at radius 1 is 1.05 bits per heavy atom. The summed E-state index contributed by atoms with van der Waals surface area (Å²) in [6.45, 7) is 2.91. The lowest BCUT2D eigenvalue weighted by molar-refractivity contribution is -0.137. The SMILES string of the molecule is CCCCNCC(O)COc1cc(OCc2cccc(C(F)(F)F)c2)c2c(=O)c3cccc(OC)c3oc2c1. The molecule has 1 heterocycles. The monoisotopic (exact) mass is 545 g/mol. The van der Waals surface area contributed by atoms with Gasteiger partial charge >= 0.3 is 6.18 Å². The molecular formula is C29H30F3NO6. The highest BCUT2D eigenvalue weighted by molar-refractivity contribution is 5.95. The molecule has 208 valence electrons. The van der Waals surface area contributed by atoms with Gasteiger partial charge in [-0.2, -0.15) is 13.2 Å². The van der Waals surface area contributed by atoms with Gasteiger partial charge in [-0.05, 0) is 42.8 Å². The molecule has 10 heteroatoms. The fourth-order valence-electron chi connectivity index (χ4n) is 4.09. The van der Waals surface area contributed by atoms with Gasteiger partial charge in [0.15, 0.2) is 11.3 Å². The van der Waals surface area contributed by atoms with E-state index in [0.29, 0.717) is 12.3 Å². The lowest BCUT2D eigenvalue weighted by Crippen LogP contribution is -2.31. The summed E-state index contributed by atoms with van der Waals surface area (Å²) in [5.74, 6) is 0.693. The predicted molar refractivity (Wildman–Crippen MR) is 142 cm³/mol. The topological polar surface area (TPSA) is 90.2 Å². The Morgan fingerprint density at radius 3 is 2.59 bits per heavy atom. The van der Waals surface area contributed by atoms with Gasteiger partial charge < -0.3 is 29.1 Å². The van der Waals surface area contributed by atoms with Crippen LogP contribution in [-0.4, -0.2) is 38.0 Å². The van der Waals surface area contributed by atoms with Crippen LogP contribution in [0.4, 0.5) is 13.2 Å². The maximum atomic E-state index is 13.5. The molecule has 39 heavy (non-hydrogen) atoms. The number of para-hydroxylation sites is 1. The van der Waals surface area contributed by atoms with Gasteiger partial charge in [0.05, 0.1) is 18.1 Å². The molecule has 0 spiro atoms. The molecule has 0 amide bonds. The van der Waals surface area contributed by atoms with Crippen molar-refractivity contribution >= 4 is 21.9 Å². The fraction of sp³-hybridized carbons (Fsp3) is 0.345. The van der Waals surface area contributed by atoms with E-state index in [0.717, 1.165) is 31.5 Å². The van der Waals surface area contributed by atoms with Crippen molar-refractivity contribution in [1.29, 1.82) is 0 Å². The fourth-order valence-corrected chi connectivity index (χ4v) is 4.09. The number of unbranched alkanes of at least 4 members (excludes halogenated alkanes) is 1. The van der Waals surface area contributed by atoms with Gasteiger partial charge in [-0.25, -0.2) is 0 Å². The predicted octanol–water partition coefficient (Wildman–Crippen LogP) is 5.68. The Labute approximate surface area is 223 Å². The highest BCUT2D eigenvalue weighted by atomic mass is 19.4. The van der Waals surface area contributed by atoms with E-state index >= 15 is 0 Å². The Balaban J connectivity index is 1.68. The van der Waals surface area contributed by atoms with Crippen LogP contribution in [0.25, 0.3) is 21.9 Å².